The zero-order valence-corrected chi connectivity index (χ0v) is 11.6. The maximum absolute atomic E-state index is 6.06. The molecule has 2 rings (SSSR count). The quantitative estimate of drug-likeness (QED) is 0.891. The zero-order chi connectivity index (χ0) is 13.1. The Morgan fingerprint density at radius 2 is 1.89 bits per heavy atom. The number of anilines is 3. The average Bonchev–Trinajstić information content (AvgIpc) is 2.35. The molecule has 1 aromatic heterocycles. The Morgan fingerprint density at radius 1 is 1.11 bits per heavy atom. The second-order valence-corrected chi connectivity index (χ2v) is 4.64. The third-order valence-corrected chi connectivity index (χ3v) is 2.98. The van der Waals surface area contributed by atoms with Gasteiger partial charge in [0.2, 0.25) is 5.95 Å². The van der Waals surface area contributed by atoms with Gasteiger partial charge in [-0.25, -0.2) is 4.98 Å². The molecule has 2 N–H and O–H groups in total. The van der Waals surface area contributed by atoms with Crippen LogP contribution in [0.1, 0.15) is 0 Å². The average molecular weight is 304 g/mol. The normalized spacial score (nSPS) is 10.2. The summed E-state index contributed by atoms with van der Waals surface area (Å²) in [4.78, 5) is 8.18. The number of hydrogen-bond donors (Lipinski definition) is 2. The van der Waals surface area contributed by atoms with Crippen molar-refractivity contribution in [2.75, 3.05) is 17.7 Å². The number of nitrogens with one attached hydrogen (secondary N) is 2. The molecule has 0 unspecified atom stereocenters. The number of nitrogens with zero attached hydrogens (tertiary/aromatic N) is 2. The summed E-state index contributed by atoms with van der Waals surface area (Å²) < 4.78 is 0. The van der Waals surface area contributed by atoms with Crippen molar-refractivity contribution in [3.63, 3.8) is 0 Å². The minimum atomic E-state index is 0.403. The van der Waals surface area contributed by atoms with Gasteiger partial charge in [0.05, 0.1) is 16.9 Å². The fourth-order valence-electron chi connectivity index (χ4n) is 1.29. The maximum Gasteiger partial charge on any atom is 0.224 e. The summed E-state index contributed by atoms with van der Waals surface area (Å²) in [5.41, 5.74) is 0.670. The molecule has 1 heterocycles. The minimum absolute atomic E-state index is 0.403. The van der Waals surface area contributed by atoms with Crippen molar-refractivity contribution in [1.29, 1.82) is 0 Å². The second-order valence-electron chi connectivity index (χ2n) is 3.39. The monoisotopic (exact) mass is 302 g/mol. The van der Waals surface area contributed by atoms with Gasteiger partial charge in [0.1, 0.15) is 5.02 Å². The van der Waals surface area contributed by atoms with E-state index < -0.39 is 0 Å². The third-order valence-electron chi connectivity index (χ3n) is 2.15. The molecule has 0 radical (unpaired) electrons. The van der Waals surface area contributed by atoms with Crippen LogP contribution in [0.2, 0.25) is 15.1 Å². The number of hydrogen-bond acceptors (Lipinski definition) is 4. The van der Waals surface area contributed by atoms with Gasteiger partial charge in [0.25, 0.3) is 0 Å². The number of halogens is 3. The van der Waals surface area contributed by atoms with Crippen LogP contribution in [0.15, 0.2) is 24.4 Å². The van der Waals surface area contributed by atoms with Gasteiger partial charge < -0.3 is 10.6 Å². The van der Waals surface area contributed by atoms with Crippen LogP contribution in [0.5, 0.6) is 0 Å². The Balaban J connectivity index is 2.33. The van der Waals surface area contributed by atoms with Crippen LogP contribution in [0.3, 0.4) is 0 Å². The van der Waals surface area contributed by atoms with Crippen LogP contribution in [-0.4, -0.2) is 17.0 Å². The minimum Gasteiger partial charge on any atom is -0.357 e. The number of rotatable bonds is 3. The lowest BCUT2D eigenvalue weighted by Gasteiger charge is -2.10. The molecule has 2 aromatic rings. The molecule has 0 amide bonds. The number of benzene rings is 1. The molecule has 4 nitrogen and oxygen atoms in total. The Kier molecular flexibility index (Phi) is 4.11. The van der Waals surface area contributed by atoms with Gasteiger partial charge in [-0.15, -0.1) is 0 Å². The van der Waals surface area contributed by atoms with Gasteiger partial charge in [-0.1, -0.05) is 34.8 Å². The predicted molar refractivity (Wildman–Crippen MR) is 76.3 cm³/mol. The summed E-state index contributed by atoms with van der Waals surface area (Å²) in [6, 6.07) is 5.12. The van der Waals surface area contributed by atoms with E-state index in [0.717, 1.165) is 0 Å². The standard InChI is InChI=1S/C11H9Cl3N4/c1-15-11-16-5-8(14)10(18-11)17-9-3-2-6(12)4-7(9)13/h2-5H,1H3,(H2,15,16,17,18). The molecule has 18 heavy (non-hydrogen) atoms. The maximum atomic E-state index is 6.06. The Hall–Kier alpha value is -1.23. The van der Waals surface area contributed by atoms with Crippen LogP contribution in [0.4, 0.5) is 17.5 Å². The van der Waals surface area contributed by atoms with E-state index in [0.29, 0.717) is 32.5 Å². The van der Waals surface area contributed by atoms with Gasteiger partial charge in [-0.05, 0) is 18.2 Å². The highest BCUT2D eigenvalue weighted by Crippen LogP contribution is 2.30. The molecule has 7 heteroatoms. The van der Waals surface area contributed by atoms with Crippen molar-refractivity contribution in [2.24, 2.45) is 0 Å². The van der Waals surface area contributed by atoms with Gasteiger partial charge >= 0.3 is 0 Å². The highest BCUT2D eigenvalue weighted by atomic mass is 35.5. The summed E-state index contributed by atoms with van der Waals surface area (Å²) >= 11 is 17.9. The molecule has 94 valence electrons. The largest absolute Gasteiger partial charge is 0.357 e. The van der Waals surface area contributed by atoms with Crippen molar-refractivity contribution in [1.82, 2.24) is 9.97 Å². The lowest BCUT2D eigenvalue weighted by atomic mass is 10.3. The lowest BCUT2D eigenvalue weighted by Crippen LogP contribution is -2.01. The molecular weight excluding hydrogens is 295 g/mol. The van der Waals surface area contributed by atoms with Crippen LogP contribution in [0.25, 0.3) is 0 Å². The molecule has 0 bridgehead atoms. The summed E-state index contributed by atoms with van der Waals surface area (Å²) in [5, 5.41) is 7.31. The molecular formula is C11H9Cl3N4. The van der Waals surface area contributed by atoms with Crippen LogP contribution in [0, 0.1) is 0 Å². The lowest BCUT2D eigenvalue weighted by molar-refractivity contribution is 1.15. The van der Waals surface area contributed by atoms with Crippen molar-refractivity contribution in [3.8, 4) is 0 Å². The van der Waals surface area contributed by atoms with Gasteiger partial charge in [-0.3, -0.25) is 0 Å². The number of aromatic nitrogens is 2. The first kappa shape index (κ1) is 13.2. The summed E-state index contributed by atoms with van der Waals surface area (Å²) in [6.45, 7) is 0. The van der Waals surface area contributed by atoms with Crippen LogP contribution >= 0.6 is 34.8 Å². The smallest absolute Gasteiger partial charge is 0.224 e. The predicted octanol–water partition coefficient (Wildman–Crippen LogP) is 4.22. The fraction of sp³-hybridized carbons (Fsp3) is 0.0909. The van der Waals surface area contributed by atoms with Crippen LogP contribution < -0.4 is 10.6 Å². The molecule has 0 aliphatic heterocycles. The molecule has 0 saturated carbocycles. The SMILES string of the molecule is CNc1ncc(Cl)c(Nc2ccc(Cl)cc2Cl)n1. The molecule has 0 aliphatic rings. The molecule has 0 atom stereocenters. The Labute approximate surface area is 119 Å². The first-order chi connectivity index (χ1) is 8.60. The molecule has 0 saturated heterocycles. The van der Waals surface area contributed by atoms with Gasteiger partial charge in [0, 0.05) is 12.1 Å². The van der Waals surface area contributed by atoms with E-state index in [2.05, 4.69) is 20.6 Å². The Bertz CT molecular complexity index is 574. The van der Waals surface area contributed by atoms with Crippen molar-refractivity contribution in [2.45, 2.75) is 0 Å². The molecule has 0 fully saturated rings. The van der Waals surface area contributed by atoms with E-state index in [9.17, 15) is 0 Å². The van der Waals surface area contributed by atoms with Crippen molar-refractivity contribution >= 4 is 52.3 Å². The van der Waals surface area contributed by atoms with Crippen LogP contribution in [-0.2, 0) is 0 Å². The van der Waals surface area contributed by atoms with Crippen molar-refractivity contribution < 1.29 is 0 Å². The van der Waals surface area contributed by atoms with E-state index in [1.807, 2.05) is 0 Å². The van der Waals surface area contributed by atoms with E-state index in [-0.39, 0.29) is 0 Å². The zero-order valence-electron chi connectivity index (χ0n) is 9.34. The highest BCUT2D eigenvalue weighted by molar-refractivity contribution is 6.36. The summed E-state index contributed by atoms with van der Waals surface area (Å²) in [7, 11) is 1.72. The van der Waals surface area contributed by atoms with E-state index in [1.54, 1.807) is 25.2 Å². The van der Waals surface area contributed by atoms with Gasteiger partial charge in [0.15, 0.2) is 5.82 Å². The Morgan fingerprint density at radius 3 is 2.56 bits per heavy atom. The topological polar surface area (TPSA) is 49.8 Å². The fourth-order valence-corrected chi connectivity index (χ4v) is 1.89. The van der Waals surface area contributed by atoms with E-state index in [4.69, 9.17) is 34.8 Å². The highest BCUT2D eigenvalue weighted by Gasteiger charge is 2.07. The van der Waals surface area contributed by atoms with Gasteiger partial charge in [-0.2, -0.15) is 4.98 Å². The molecule has 0 aliphatic carbocycles. The summed E-state index contributed by atoms with van der Waals surface area (Å²) in [6.07, 6.45) is 1.51. The second kappa shape index (κ2) is 5.61. The summed E-state index contributed by atoms with van der Waals surface area (Å²) in [5.74, 6) is 0.937. The molecule has 1 aromatic carbocycles. The van der Waals surface area contributed by atoms with E-state index >= 15 is 0 Å². The first-order valence-corrected chi connectivity index (χ1v) is 6.16. The van der Waals surface area contributed by atoms with Crippen molar-refractivity contribution in [3.05, 3.63) is 39.5 Å². The first-order valence-electron chi connectivity index (χ1n) is 5.02. The van der Waals surface area contributed by atoms with E-state index in [1.165, 1.54) is 6.20 Å². The molecule has 0 spiro atoms. The third kappa shape index (κ3) is 2.96.